The minimum absolute atomic E-state index is 0.165. The molecule has 0 heterocycles. The summed E-state index contributed by atoms with van der Waals surface area (Å²) in [6, 6.07) is 12.6. The average molecular weight is 332 g/mol. The Morgan fingerprint density at radius 3 is 2.08 bits per heavy atom. The van der Waals surface area contributed by atoms with Crippen molar-refractivity contribution in [3.8, 4) is 11.5 Å². The lowest BCUT2D eigenvalue weighted by Crippen LogP contribution is -2.30. The van der Waals surface area contributed by atoms with Gasteiger partial charge in [0.1, 0.15) is 17.3 Å². The van der Waals surface area contributed by atoms with E-state index in [-0.39, 0.29) is 11.9 Å². The van der Waals surface area contributed by atoms with Crippen molar-refractivity contribution in [3.63, 3.8) is 0 Å². The molecule has 1 atom stereocenters. The molecule has 4 nitrogen and oxygen atoms in total. The number of hydrogen-bond donors (Lipinski definition) is 1. The smallest absolute Gasteiger partial charge is 0.123 e. The molecule has 2 aromatic carbocycles. The highest BCUT2D eigenvalue weighted by atomic mass is 19.1. The Hall–Kier alpha value is -2.11. The molecule has 0 fully saturated rings. The van der Waals surface area contributed by atoms with Crippen LogP contribution in [0.5, 0.6) is 11.5 Å². The second-order valence-corrected chi connectivity index (χ2v) is 5.88. The van der Waals surface area contributed by atoms with Gasteiger partial charge in [0.2, 0.25) is 0 Å². The highest BCUT2D eigenvalue weighted by molar-refractivity contribution is 5.38. The fraction of sp³-hybridized carbons (Fsp3) is 0.368. The minimum atomic E-state index is -0.215. The first-order valence-electron chi connectivity index (χ1n) is 7.88. The first kappa shape index (κ1) is 18.2. The van der Waals surface area contributed by atoms with Gasteiger partial charge in [-0.3, -0.25) is 0 Å². The predicted octanol–water partition coefficient (Wildman–Crippen LogP) is 3.24. The summed E-state index contributed by atoms with van der Waals surface area (Å²) in [7, 11) is 7.32. The molecule has 0 saturated carbocycles. The fourth-order valence-corrected chi connectivity index (χ4v) is 2.61. The molecule has 1 unspecified atom stereocenters. The largest absolute Gasteiger partial charge is 0.497 e. The Balaban J connectivity index is 2.01. The van der Waals surface area contributed by atoms with Crippen LogP contribution in [0.2, 0.25) is 0 Å². The maximum atomic E-state index is 13.1. The number of benzene rings is 2. The molecule has 1 N–H and O–H groups in total. The number of hydrogen-bond acceptors (Lipinski definition) is 4. The predicted molar refractivity (Wildman–Crippen MR) is 94.1 cm³/mol. The summed E-state index contributed by atoms with van der Waals surface area (Å²) in [5, 5.41) is 3.45. The van der Waals surface area contributed by atoms with Crippen LogP contribution in [0.15, 0.2) is 42.5 Å². The average Bonchev–Trinajstić information content (AvgIpc) is 2.59. The second kappa shape index (κ2) is 8.66. The van der Waals surface area contributed by atoms with Crippen molar-refractivity contribution in [2.75, 3.05) is 34.9 Å². The van der Waals surface area contributed by atoms with Crippen molar-refractivity contribution in [1.29, 1.82) is 0 Å². The monoisotopic (exact) mass is 332 g/mol. The van der Waals surface area contributed by atoms with Crippen LogP contribution in [-0.2, 0) is 6.54 Å². The number of nitrogens with one attached hydrogen (secondary N) is 1. The Morgan fingerprint density at radius 1 is 1.00 bits per heavy atom. The van der Waals surface area contributed by atoms with Crippen LogP contribution in [0.25, 0.3) is 0 Å². The molecule has 0 aliphatic carbocycles. The van der Waals surface area contributed by atoms with E-state index in [2.05, 4.69) is 10.2 Å². The highest BCUT2D eigenvalue weighted by Crippen LogP contribution is 2.23. The summed E-state index contributed by atoms with van der Waals surface area (Å²) in [6.45, 7) is 1.44. The molecule has 0 aliphatic heterocycles. The molecule has 0 saturated heterocycles. The zero-order chi connectivity index (χ0) is 17.5. The molecule has 0 amide bonds. The lowest BCUT2D eigenvalue weighted by atomic mass is 10.1. The molecule has 0 bridgehead atoms. The Kier molecular flexibility index (Phi) is 6.58. The third-order valence-electron chi connectivity index (χ3n) is 3.96. The molecule has 130 valence electrons. The molecule has 0 spiro atoms. The van der Waals surface area contributed by atoms with Crippen molar-refractivity contribution in [3.05, 3.63) is 59.4 Å². The standard InChI is InChI=1S/C19H25FN2O2/c1-22(2)19(15-5-7-16(20)8-6-15)13-21-12-14-9-17(23-3)11-18(10-14)24-4/h5-11,19,21H,12-13H2,1-4H3. The van der Waals surface area contributed by atoms with Crippen LogP contribution < -0.4 is 14.8 Å². The minimum Gasteiger partial charge on any atom is -0.497 e. The summed E-state index contributed by atoms with van der Waals surface area (Å²) in [6.07, 6.45) is 0. The van der Waals surface area contributed by atoms with E-state index >= 15 is 0 Å². The van der Waals surface area contributed by atoms with Gasteiger partial charge in [-0.15, -0.1) is 0 Å². The van der Waals surface area contributed by atoms with Crippen molar-refractivity contribution in [2.24, 2.45) is 0 Å². The number of halogens is 1. The van der Waals surface area contributed by atoms with Gasteiger partial charge < -0.3 is 19.7 Å². The van der Waals surface area contributed by atoms with Gasteiger partial charge in [0.05, 0.1) is 14.2 Å². The summed E-state index contributed by atoms with van der Waals surface area (Å²) in [5.41, 5.74) is 2.17. The van der Waals surface area contributed by atoms with Crippen LogP contribution in [0, 0.1) is 5.82 Å². The highest BCUT2D eigenvalue weighted by Gasteiger charge is 2.14. The third kappa shape index (κ3) is 4.94. The topological polar surface area (TPSA) is 33.7 Å². The van der Waals surface area contributed by atoms with E-state index in [1.165, 1.54) is 12.1 Å². The lowest BCUT2D eigenvalue weighted by Gasteiger charge is -2.25. The normalized spacial score (nSPS) is 12.2. The van der Waals surface area contributed by atoms with E-state index in [1.807, 2.05) is 44.4 Å². The van der Waals surface area contributed by atoms with Gasteiger partial charge in [-0.1, -0.05) is 12.1 Å². The van der Waals surface area contributed by atoms with Gasteiger partial charge in [0, 0.05) is 25.2 Å². The maximum absolute atomic E-state index is 13.1. The van der Waals surface area contributed by atoms with Crippen molar-refractivity contribution >= 4 is 0 Å². The van der Waals surface area contributed by atoms with Gasteiger partial charge in [-0.2, -0.15) is 0 Å². The van der Waals surface area contributed by atoms with Gasteiger partial charge in [-0.25, -0.2) is 4.39 Å². The molecule has 5 heteroatoms. The number of methoxy groups -OCH3 is 2. The van der Waals surface area contributed by atoms with Crippen molar-refractivity contribution in [2.45, 2.75) is 12.6 Å². The summed E-state index contributed by atoms with van der Waals surface area (Å²) >= 11 is 0. The molecule has 2 rings (SSSR count). The summed E-state index contributed by atoms with van der Waals surface area (Å²) < 4.78 is 23.7. The number of likely N-dealkylation sites (N-methyl/N-ethyl adjacent to an activating group) is 1. The van der Waals surface area contributed by atoms with Gasteiger partial charge in [0.15, 0.2) is 0 Å². The number of rotatable bonds is 8. The summed E-state index contributed by atoms with van der Waals surface area (Å²) in [4.78, 5) is 2.12. The molecule has 0 radical (unpaired) electrons. The van der Waals surface area contributed by atoms with Gasteiger partial charge in [-0.05, 0) is 49.5 Å². The lowest BCUT2D eigenvalue weighted by molar-refractivity contribution is 0.288. The molecule has 24 heavy (non-hydrogen) atoms. The van der Waals surface area contributed by atoms with Crippen LogP contribution in [-0.4, -0.2) is 39.8 Å². The molecule has 0 aromatic heterocycles. The summed E-state index contributed by atoms with van der Waals surface area (Å²) in [5.74, 6) is 1.33. The van der Waals surface area contributed by atoms with Crippen LogP contribution in [0.3, 0.4) is 0 Å². The van der Waals surface area contributed by atoms with E-state index in [0.717, 1.165) is 29.2 Å². The van der Waals surface area contributed by atoms with E-state index in [4.69, 9.17) is 9.47 Å². The van der Waals surface area contributed by atoms with Gasteiger partial charge in [0.25, 0.3) is 0 Å². The Morgan fingerprint density at radius 2 is 1.58 bits per heavy atom. The third-order valence-corrected chi connectivity index (χ3v) is 3.96. The Bertz CT molecular complexity index is 622. The van der Waals surface area contributed by atoms with Crippen LogP contribution >= 0.6 is 0 Å². The van der Waals surface area contributed by atoms with E-state index < -0.39 is 0 Å². The molecule has 2 aromatic rings. The number of ether oxygens (including phenoxy) is 2. The van der Waals surface area contributed by atoms with E-state index in [1.54, 1.807) is 14.2 Å². The van der Waals surface area contributed by atoms with Crippen LogP contribution in [0.1, 0.15) is 17.2 Å². The molecule has 0 aliphatic rings. The first-order chi connectivity index (χ1) is 11.5. The van der Waals surface area contributed by atoms with Crippen molar-refractivity contribution < 1.29 is 13.9 Å². The van der Waals surface area contributed by atoms with Crippen LogP contribution in [0.4, 0.5) is 4.39 Å². The van der Waals surface area contributed by atoms with E-state index in [0.29, 0.717) is 6.54 Å². The maximum Gasteiger partial charge on any atom is 0.123 e. The first-order valence-corrected chi connectivity index (χ1v) is 7.88. The zero-order valence-electron chi connectivity index (χ0n) is 14.7. The SMILES string of the molecule is COc1cc(CNCC(c2ccc(F)cc2)N(C)C)cc(OC)c1. The zero-order valence-corrected chi connectivity index (χ0v) is 14.7. The van der Waals surface area contributed by atoms with Gasteiger partial charge >= 0.3 is 0 Å². The fourth-order valence-electron chi connectivity index (χ4n) is 2.61. The number of nitrogens with zero attached hydrogens (tertiary/aromatic N) is 1. The quantitative estimate of drug-likeness (QED) is 0.805. The molecular weight excluding hydrogens is 307 g/mol. The molecular formula is C19H25FN2O2. The van der Waals surface area contributed by atoms with Crippen molar-refractivity contribution in [1.82, 2.24) is 10.2 Å². The second-order valence-electron chi connectivity index (χ2n) is 5.88. The van der Waals surface area contributed by atoms with E-state index in [9.17, 15) is 4.39 Å². The Labute approximate surface area is 143 Å².